The number of halogens is 2. The van der Waals surface area contributed by atoms with Crippen LogP contribution in [0.5, 0.6) is 0 Å². The second kappa shape index (κ2) is 5.88. The zero-order valence-electron chi connectivity index (χ0n) is 9.75. The van der Waals surface area contributed by atoms with Crippen LogP contribution in [0, 0.1) is 6.92 Å². The van der Waals surface area contributed by atoms with E-state index < -0.39 is 15.9 Å². The van der Waals surface area contributed by atoms with Gasteiger partial charge in [0.1, 0.15) is 4.90 Å². The minimum absolute atomic E-state index is 0.0481. The Morgan fingerprint density at radius 1 is 1.33 bits per heavy atom. The normalized spacial score (nSPS) is 11.3. The van der Waals surface area contributed by atoms with Gasteiger partial charge in [-0.05, 0) is 24.6 Å². The first-order valence-electron chi connectivity index (χ1n) is 4.94. The van der Waals surface area contributed by atoms with Crippen molar-refractivity contribution in [3.8, 4) is 0 Å². The third-order valence-electron chi connectivity index (χ3n) is 2.28. The van der Waals surface area contributed by atoms with Gasteiger partial charge in [-0.25, -0.2) is 13.1 Å². The monoisotopic (exact) mass is 310 g/mol. The molecular weight excluding hydrogens is 299 g/mol. The predicted octanol–water partition coefficient (Wildman–Crippen LogP) is 1.33. The average Bonchev–Trinajstić information content (AvgIpc) is 2.32. The maximum absolute atomic E-state index is 11.9. The Bertz CT molecular complexity index is 573. The maximum Gasteiger partial charge on any atom is 0.242 e. The minimum Gasteiger partial charge on any atom is -0.358 e. The molecule has 1 aromatic carbocycles. The Labute approximate surface area is 116 Å². The number of amides is 1. The van der Waals surface area contributed by atoms with Crippen LogP contribution in [0.25, 0.3) is 0 Å². The van der Waals surface area contributed by atoms with Gasteiger partial charge >= 0.3 is 0 Å². The van der Waals surface area contributed by atoms with E-state index in [0.717, 1.165) is 0 Å². The van der Waals surface area contributed by atoms with Gasteiger partial charge in [-0.15, -0.1) is 0 Å². The molecule has 0 atom stereocenters. The van der Waals surface area contributed by atoms with Crippen molar-refractivity contribution in [3.05, 3.63) is 27.7 Å². The summed E-state index contributed by atoms with van der Waals surface area (Å²) in [6, 6.07) is 2.74. The first-order chi connectivity index (χ1) is 8.29. The summed E-state index contributed by atoms with van der Waals surface area (Å²) in [6.07, 6.45) is 0. The number of sulfonamides is 1. The SMILES string of the molecule is CNC(=O)CNS(=O)(=O)c1ccc(Cl)c(C)c1Cl. The largest absolute Gasteiger partial charge is 0.358 e. The molecule has 0 aliphatic heterocycles. The fraction of sp³-hybridized carbons (Fsp3) is 0.300. The summed E-state index contributed by atoms with van der Waals surface area (Å²) in [5.41, 5.74) is 0.473. The van der Waals surface area contributed by atoms with Crippen LogP contribution in [0.1, 0.15) is 5.56 Å². The van der Waals surface area contributed by atoms with E-state index in [1.807, 2.05) is 0 Å². The van der Waals surface area contributed by atoms with E-state index >= 15 is 0 Å². The van der Waals surface area contributed by atoms with Gasteiger partial charge in [-0.2, -0.15) is 0 Å². The summed E-state index contributed by atoms with van der Waals surface area (Å²) in [5.74, 6) is -0.444. The third kappa shape index (κ3) is 3.35. The molecule has 100 valence electrons. The molecule has 0 spiro atoms. The molecule has 8 heteroatoms. The van der Waals surface area contributed by atoms with Crippen molar-refractivity contribution in [2.45, 2.75) is 11.8 Å². The van der Waals surface area contributed by atoms with Gasteiger partial charge in [0.15, 0.2) is 0 Å². The fourth-order valence-corrected chi connectivity index (χ4v) is 2.96. The van der Waals surface area contributed by atoms with Crippen LogP contribution >= 0.6 is 23.2 Å². The Morgan fingerprint density at radius 3 is 2.50 bits per heavy atom. The number of nitrogens with one attached hydrogen (secondary N) is 2. The topological polar surface area (TPSA) is 75.3 Å². The van der Waals surface area contributed by atoms with E-state index in [2.05, 4.69) is 10.0 Å². The maximum atomic E-state index is 11.9. The lowest BCUT2D eigenvalue weighted by Gasteiger charge is -2.10. The summed E-state index contributed by atoms with van der Waals surface area (Å²) < 4.78 is 26.0. The van der Waals surface area contributed by atoms with Crippen molar-refractivity contribution in [2.24, 2.45) is 0 Å². The molecule has 0 saturated carbocycles. The Morgan fingerprint density at radius 2 is 1.94 bits per heavy atom. The van der Waals surface area contributed by atoms with Crippen molar-refractivity contribution in [2.75, 3.05) is 13.6 Å². The Kier molecular flexibility index (Phi) is 4.98. The average molecular weight is 311 g/mol. The quantitative estimate of drug-likeness (QED) is 0.881. The standard InChI is InChI=1S/C10H12Cl2N2O3S/c1-6-7(11)3-4-8(10(6)12)18(16,17)14-5-9(15)13-2/h3-4,14H,5H2,1-2H3,(H,13,15). The molecule has 18 heavy (non-hydrogen) atoms. The fourth-order valence-electron chi connectivity index (χ4n) is 1.17. The van der Waals surface area contributed by atoms with Crippen molar-refractivity contribution in [3.63, 3.8) is 0 Å². The first kappa shape index (κ1) is 15.2. The smallest absolute Gasteiger partial charge is 0.242 e. The van der Waals surface area contributed by atoms with Gasteiger partial charge in [0.25, 0.3) is 0 Å². The second-order valence-electron chi connectivity index (χ2n) is 3.48. The summed E-state index contributed by atoms with van der Waals surface area (Å²) in [6.45, 7) is 1.26. The van der Waals surface area contributed by atoms with E-state index in [-0.39, 0.29) is 16.5 Å². The molecule has 0 aliphatic rings. The van der Waals surface area contributed by atoms with E-state index in [0.29, 0.717) is 10.6 Å². The summed E-state index contributed by atoms with van der Waals surface area (Å²) in [5, 5.41) is 2.73. The third-order valence-corrected chi connectivity index (χ3v) is 4.73. The van der Waals surface area contributed by atoms with E-state index in [1.165, 1.54) is 19.2 Å². The van der Waals surface area contributed by atoms with Gasteiger partial charge in [-0.1, -0.05) is 23.2 Å². The number of carbonyl (C=O) groups excluding carboxylic acids is 1. The molecule has 0 bridgehead atoms. The summed E-state index contributed by atoms with van der Waals surface area (Å²) >= 11 is 11.8. The van der Waals surface area contributed by atoms with Gasteiger partial charge in [0, 0.05) is 12.1 Å². The van der Waals surface area contributed by atoms with Crippen LogP contribution in [-0.2, 0) is 14.8 Å². The molecule has 0 aromatic heterocycles. The summed E-state index contributed by atoms with van der Waals surface area (Å²) in [4.78, 5) is 10.9. The van der Waals surface area contributed by atoms with Crippen LogP contribution in [0.4, 0.5) is 0 Å². The lowest BCUT2D eigenvalue weighted by atomic mass is 10.2. The Balaban J connectivity index is 3.06. The Hall–Kier alpha value is -0.820. The van der Waals surface area contributed by atoms with Crippen molar-refractivity contribution in [1.82, 2.24) is 10.0 Å². The molecule has 0 aliphatic carbocycles. The number of hydrogen-bond acceptors (Lipinski definition) is 3. The highest BCUT2D eigenvalue weighted by atomic mass is 35.5. The zero-order chi connectivity index (χ0) is 13.9. The molecule has 0 heterocycles. The van der Waals surface area contributed by atoms with E-state index in [1.54, 1.807) is 6.92 Å². The van der Waals surface area contributed by atoms with Gasteiger partial charge in [0.05, 0.1) is 11.6 Å². The molecule has 0 fully saturated rings. The van der Waals surface area contributed by atoms with Crippen LogP contribution in [0.2, 0.25) is 10.0 Å². The predicted molar refractivity (Wildman–Crippen MR) is 70.5 cm³/mol. The van der Waals surface area contributed by atoms with Crippen LogP contribution in [0.3, 0.4) is 0 Å². The number of rotatable bonds is 4. The van der Waals surface area contributed by atoms with E-state index in [9.17, 15) is 13.2 Å². The minimum atomic E-state index is -3.84. The molecule has 0 radical (unpaired) electrons. The van der Waals surface area contributed by atoms with Crippen LogP contribution < -0.4 is 10.0 Å². The highest BCUT2D eigenvalue weighted by Gasteiger charge is 2.20. The highest BCUT2D eigenvalue weighted by Crippen LogP contribution is 2.29. The highest BCUT2D eigenvalue weighted by molar-refractivity contribution is 7.89. The number of carbonyl (C=O) groups is 1. The number of benzene rings is 1. The van der Waals surface area contributed by atoms with Gasteiger partial charge in [0.2, 0.25) is 15.9 Å². The molecule has 5 nitrogen and oxygen atoms in total. The molecule has 0 unspecified atom stereocenters. The number of likely N-dealkylation sites (N-methyl/N-ethyl adjacent to an activating group) is 1. The molecular formula is C10H12Cl2N2O3S. The molecule has 1 rings (SSSR count). The molecule has 2 N–H and O–H groups in total. The molecule has 1 aromatic rings. The van der Waals surface area contributed by atoms with Crippen LogP contribution in [0.15, 0.2) is 17.0 Å². The van der Waals surface area contributed by atoms with Gasteiger partial charge < -0.3 is 5.32 Å². The zero-order valence-corrected chi connectivity index (χ0v) is 12.1. The first-order valence-corrected chi connectivity index (χ1v) is 7.18. The van der Waals surface area contributed by atoms with Crippen molar-refractivity contribution < 1.29 is 13.2 Å². The van der Waals surface area contributed by atoms with Crippen molar-refractivity contribution >= 4 is 39.1 Å². The molecule has 1 amide bonds. The molecule has 0 saturated heterocycles. The van der Waals surface area contributed by atoms with E-state index in [4.69, 9.17) is 23.2 Å². The van der Waals surface area contributed by atoms with Crippen molar-refractivity contribution in [1.29, 1.82) is 0 Å². The lowest BCUT2D eigenvalue weighted by Crippen LogP contribution is -2.35. The second-order valence-corrected chi connectivity index (χ2v) is 6.00. The van der Waals surface area contributed by atoms with Gasteiger partial charge in [-0.3, -0.25) is 4.79 Å². The van der Waals surface area contributed by atoms with Crippen LogP contribution in [-0.4, -0.2) is 27.9 Å². The number of hydrogen-bond donors (Lipinski definition) is 2. The lowest BCUT2D eigenvalue weighted by molar-refractivity contribution is -0.119. The summed E-state index contributed by atoms with van der Waals surface area (Å²) in [7, 11) is -2.42.